The number of ether oxygens (including phenoxy) is 3. The number of hydrogen-bond acceptors (Lipinski definition) is 5. The van der Waals surface area contributed by atoms with Crippen molar-refractivity contribution >= 4 is 11.8 Å². The first-order valence-corrected chi connectivity index (χ1v) is 10.9. The number of alkyl halides is 1. The second-order valence-electron chi connectivity index (χ2n) is 8.98. The van der Waals surface area contributed by atoms with Crippen molar-refractivity contribution in [3.63, 3.8) is 0 Å². The third kappa shape index (κ3) is 5.17. The first kappa shape index (κ1) is 22.7. The zero-order valence-electron chi connectivity index (χ0n) is 18.9. The molecule has 6 nitrogen and oxygen atoms in total. The van der Waals surface area contributed by atoms with E-state index in [-0.39, 0.29) is 6.09 Å². The average Bonchev–Trinajstić information content (AvgIpc) is 2.89. The molecule has 1 aromatic rings. The maximum atomic E-state index is 13.4. The summed E-state index contributed by atoms with van der Waals surface area (Å²) in [4.78, 5) is 16.5. The lowest BCUT2D eigenvalue weighted by atomic mass is 9.94. The summed E-state index contributed by atoms with van der Waals surface area (Å²) in [6.45, 7) is 12.7. The van der Waals surface area contributed by atoms with Gasteiger partial charge in [0.25, 0.3) is 0 Å². The first-order valence-electron chi connectivity index (χ1n) is 10.9. The smallest absolute Gasteiger partial charge is 0.410 e. The second-order valence-corrected chi connectivity index (χ2v) is 8.98. The molecule has 2 heterocycles. The van der Waals surface area contributed by atoms with Gasteiger partial charge in [-0.05, 0) is 70.2 Å². The Bertz CT molecular complexity index is 763. The normalized spacial score (nSPS) is 17.5. The van der Waals surface area contributed by atoms with Gasteiger partial charge >= 0.3 is 6.09 Å². The van der Waals surface area contributed by atoms with E-state index in [2.05, 4.69) is 17.9 Å². The molecule has 30 heavy (non-hydrogen) atoms. The average molecular weight is 423 g/mol. The Morgan fingerprint density at radius 3 is 2.67 bits per heavy atom. The topological polar surface area (TPSA) is 51.2 Å². The Morgan fingerprint density at radius 1 is 1.27 bits per heavy atom. The molecule has 7 heteroatoms. The van der Waals surface area contributed by atoms with Crippen LogP contribution in [0.25, 0.3) is 0 Å². The number of halogens is 1. The molecule has 0 aromatic heterocycles. The molecule has 1 aromatic carbocycles. The number of benzene rings is 1. The Balaban J connectivity index is 1.82. The van der Waals surface area contributed by atoms with E-state index in [9.17, 15) is 9.18 Å². The predicted molar refractivity (Wildman–Crippen MR) is 115 cm³/mol. The number of carbonyl (C=O) groups is 1. The van der Waals surface area contributed by atoms with Gasteiger partial charge in [-0.15, -0.1) is 0 Å². The molecule has 0 saturated carbocycles. The van der Waals surface area contributed by atoms with Crippen molar-refractivity contribution in [2.24, 2.45) is 0 Å². The molecule has 0 radical (unpaired) electrons. The second kappa shape index (κ2) is 9.41. The predicted octanol–water partition coefficient (Wildman–Crippen LogP) is 3.90. The molecule has 0 bridgehead atoms. The van der Waals surface area contributed by atoms with E-state index in [0.29, 0.717) is 39.4 Å². The van der Waals surface area contributed by atoms with Gasteiger partial charge < -0.3 is 24.0 Å². The summed E-state index contributed by atoms with van der Waals surface area (Å²) in [7, 11) is 0. The van der Waals surface area contributed by atoms with Crippen molar-refractivity contribution < 1.29 is 23.4 Å². The Morgan fingerprint density at radius 2 is 2.00 bits per heavy atom. The van der Waals surface area contributed by atoms with E-state index < -0.39 is 18.4 Å². The molecular formula is C23H35FN2O4. The molecule has 2 aliphatic rings. The SMILES string of the molecule is CCO[C@H](CF)CN1CCOc2cc3c(c(C)c21)CCN(C(=O)OC(C)(C)C)CC3. The molecular weight excluding hydrogens is 387 g/mol. The van der Waals surface area contributed by atoms with Crippen molar-refractivity contribution in [2.75, 3.05) is 51.0 Å². The van der Waals surface area contributed by atoms with Gasteiger partial charge in [0.1, 0.15) is 30.7 Å². The quantitative estimate of drug-likeness (QED) is 0.720. The number of hydrogen-bond donors (Lipinski definition) is 0. The summed E-state index contributed by atoms with van der Waals surface area (Å²) < 4.78 is 30.5. The fraction of sp³-hybridized carbons (Fsp3) is 0.696. The maximum absolute atomic E-state index is 13.4. The number of amides is 1. The van der Waals surface area contributed by atoms with E-state index in [4.69, 9.17) is 14.2 Å². The van der Waals surface area contributed by atoms with Crippen LogP contribution in [0.2, 0.25) is 0 Å². The van der Waals surface area contributed by atoms with Crippen LogP contribution in [0.4, 0.5) is 14.9 Å². The van der Waals surface area contributed by atoms with Crippen LogP contribution in [0.1, 0.15) is 44.4 Å². The highest BCUT2D eigenvalue weighted by molar-refractivity contribution is 5.71. The van der Waals surface area contributed by atoms with Crippen molar-refractivity contribution in [2.45, 2.75) is 59.2 Å². The van der Waals surface area contributed by atoms with Crippen molar-refractivity contribution in [3.8, 4) is 5.75 Å². The maximum Gasteiger partial charge on any atom is 0.410 e. The molecule has 0 unspecified atom stereocenters. The number of fused-ring (bicyclic) bond motifs is 2. The van der Waals surface area contributed by atoms with Crippen LogP contribution in [0, 0.1) is 6.92 Å². The zero-order chi connectivity index (χ0) is 21.9. The van der Waals surface area contributed by atoms with Crippen molar-refractivity contribution in [3.05, 3.63) is 22.8 Å². The highest BCUT2D eigenvalue weighted by Gasteiger charge is 2.29. The van der Waals surface area contributed by atoms with Crippen LogP contribution in [-0.4, -0.2) is 68.8 Å². The molecule has 2 aliphatic heterocycles. The first-order chi connectivity index (χ1) is 14.2. The third-order valence-electron chi connectivity index (χ3n) is 5.60. The van der Waals surface area contributed by atoms with E-state index in [1.165, 1.54) is 11.1 Å². The summed E-state index contributed by atoms with van der Waals surface area (Å²) in [5, 5.41) is 0. The standard InChI is InChI=1S/C23H35FN2O4/c1-6-28-18(14-24)15-26-11-12-29-20-13-17-7-9-25(22(27)30-23(3,4)5)10-8-19(17)16(2)21(20)26/h13,18H,6-12,14-15H2,1-5H3/t18-/m1/s1. The summed E-state index contributed by atoms with van der Waals surface area (Å²) in [5.41, 5.74) is 4.15. The number of anilines is 1. The van der Waals surface area contributed by atoms with Crippen LogP contribution in [0.15, 0.2) is 6.07 Å². The van der Waals surface area contributed by atoms with Crippen molar-refractivity contribution in [1.82, 2.24) is 4.90 Å². The highest BCUT2D eigenvalue weighted by atomic mass is 19.1. The molecule has 0 saturated heterocycles. The Hall–Kier alpha value is -2.02. The van der Waals surface area contributed by atoms with Gasteiger partial charge in [0.15, 0.2) is 0 Å². The van der Waals surface area contributed by atoms with Crippen LogP contribution < -0.4 is 9.64 Å². The van der Waals surface area contributed by atoms with E-state index in [1.54, 1.807) is 4.90 Å². The lowest BCUT2D eigenvalue weighted by molar-refractivity contribution is 0.0258. The lowest BCUT2D eigenvalue weighted by Crippen LogP contribution is -2.41. The van der Waals surface area contributed by atoms with E-state index in [1.807, 2.05) is 27.7 Å². The molecule has 3 rings (SSSR count). The molecule has 0 fully saturated rings. The lowest BCUT2D eigenvalue weighted by Gasteiger charge is -2.35. The minimum Gasteiger partial charge on any atom is -0.490 e. The number of rotatable bonds is 5. The Labute approximate surface area is 179 Å². The van der Waals surface area contributed by atoms with E-state index >= 15 is 0 Å². The van der Waals surface area contributed by atoms with Crippen molar-refractivity contribution in [1.29, 1.82) is 0 Å². The van der Waals surface area contributed by atoms with Crippen LogP contribution >= 0.6 is 0 Å². The molecule has 168 valence electrons. The zero-order valence-corrected chi connectivity index (χ0v) is 18.9. The number of carbonyl (C=O) groups excluding carboxylic acids is 1. The van der Waals surface area contributed by atoms with E-state index in [0.717, 1.165) is 29.8 Å². The van der Waals surface area contributed by atoms with Gasteiger partial charge in [0.2, 0.25) is 0 Å². The highest BCUT2D eigenvalue weighted by Crippen LogP contribution is 2.40. The van der Waals surface area contributed by atoms with Gasteiger partial charge in [0, 0.05) is 26.2 Å². The summed E-state index contributed by atoms with van der Waals surface area (Å²) in [6, 6.07) is 2.10. The van der Waals surface area contributed by atoms with Crippen LogP contribution in [-0.2, 0) is 22.3 Å². The largest absolute Gasteiger partial charge is 0.490 e. The Kier molecular flexibility index (Phi) is 7.11. The van der Waals surface area contributed by atoms with Gasteiger partial charge in [-0.25, -0.2) is 9.18 Å². The summed E-state index contributed by atoms with van der Waals surface area (Å²) >= 11 is 0. The monoisotopic (exact) mass is 422 g/mol. The van der Waals surface area contributed by atoms with Gasteiger partial charge in [-0.2, -0.15) is 0 Å². The third-order valence-corrected chi connectivity index (χ3v) is 5.60. The molecule has 0 N–H and O–H groups in total. The minimum absolute atomic E-state index is 0.266. The van der Waals surface area contributed by atoms with Crippen LogP contribution in [0.3, 0.4) is 0 Å². The summed E-state index contributed by atoms with van der Waals surface area (Å²) in [5.74, 6) is 0.845. The number of nitrogens with zero attached hydrogens (tertiary/aromatic N) is 2. The molecule has 1 amide bonds. The van der Waals surface area contributed by atoms with Gasteiger partial charge in [0.05, 0.1) is 12.2 Å². The summed E-state index contributed by atoms with van der Waals surface area (Å²) in [6.07, 6.45) is 0.817. The fourth-order valence-electron chi connectivity index (χ4n) is 4.27. The molecule has 0 spiro atoms. The fourth-order valence-corrected chi connectivity index (χ4v) is 4.27. The van der Waals surface area contributed by atoms with Gasteiger partial charge in [-0.1, -0.05) is 0 Å². The molecule has 0 aliphatic carbocycles. The minimum atomic E-state index is -0.507. The molecule has 1 atom stereocenters. The van der Waals surface area contributed by atoms with Gasteiger partial charge in [-0.3, -0.25) is 0 Å². The van der Waals surface area contributed by atoms with Crippen LogP contribution in [0.5, 0.6) is 5.75 Å².